The molecule has 1 nitrogen and oxygen atoms in total. The fraction of sp³-hybridized carbons (Fsp3) is 0.200. The van der Waals surface area contributed by atoms with Crippen LogP contribution in [0.2, 0.25) is 5.02 Å². The number of methoxy groups -OCH3 is 1. The molecule has 0 atom stereocenters. The fourth-order valence-corrected chi connectivity index (χ4v) is 2.12. The van der Waals surface area contributed by atoms with Gasteiger partial charge in [0.15, 0.2) is 0 Å². The monoisotopic (exact) mass is 264 g/mol. The van der Waals surface area contributed by atoms with Crippen LogP contribution < -0.4 is 4.74 Å². The number of hydrogen-bond donors (Lipinski definition) is 0. The first-order valence-electron chi connectivity index (χ1n) is 5.78. The molecule has 0 bridgehead atoms. The van der Waals surface area contributed by atoms with E-state index < -0.39 is 0 Å². The number of halogens is 2. The molecule has 2 aromatic rings. The molecule has 18 heavy (non-hydrogen) atoms. The summed E-state index contributed by atoms with van der Waals surface area (Å²) >= 11 is 6.13. The zero-order valence-electron chi connectivity index (χ0n) is 10.3. The van der Waals surface area contributed by atoms with Gasteiger partial charge in [0.1, 0.15) is 11.6 Å². The molecule has 0 spiro atoms. The second-order valence-corrected chi connectivity index (χ2v) is 4.39. The molecule has 0 unspecified atom stereocenters. The van der Waals surface area contributed by atoms with Crippen molar-refractivity contribution in [1.29, 1.82) is 0 Å². The van der Waals surface area contributed by atoms with Crippen LogP contribution in [0, 0.1) is 5.82 Å². The second kappa shape index (κ2) is 5.40. The zero-order chi connectivity index (χ0) is 13.1. The SMILES string of the molecule is CCc1cccc(-c2cc(OC)ccc2Cl)c1F. The number of ether oxygens (including phenoxy) is 1. The molecule has 2 aromatic carbocycles. The van der Waals surface area contributed by atoms with Crippen molar-refractivity contribution >= 4 is 11.6 Å². The molecule has 0 aliphatic rings. The molecule has 0 amide bonds. The van der Waals surface area contributed by atoms with Gasteiger partial charge in [-0.3, -0.25) is 0 Å². The van der Waals surface area contributed by atoms with Crippen LogP contribution in [0.15, 0.2) is 36.4 Å². The lowest BCUT2D eigenvalue weighted by Crippen LogP contribution is -1.93. The fourth-order valence-electron chi connectivity index (χ4n) is 1.90. The Balaban J connectivity index is 2.61. The van der Waals surface area contributed by atoms with Gasteiger partial charge in [0.05, 0.1) is 7.11 Å². The third-order valence-electron chi connectivity index (χ3n) is 2.92. The first-order chi connectivity index (χ1) is 8.67. The number of rotatable bonds is 3. The van der Waals surface area contributed by atoms with Crippen molar-refractivity contribution < 1.29 is 9.13 Å². The Bertz CT molecular complexity index is 566. The van der Waals surface area contributed by atoms with Gasteiger partial charge in [-0.2, -0.15) is 0 Å². The minimum atomic E-state index is -0.213. The van der Waals surface area contributed by atoms with Crippen molar-refractivity contribution in [3.63, 3.8) is 0 Å². The zero-order valence-corrected chi connectivity index (χ0v) is 11.1. The highest BCUT2D eigenvalue weighted by Crippen LogP contribution is 2.34. The van der Waals surface area contributed by atoms with Crippen LogP contribution in [0.4, 0.5) is 4.39 Å². The molecule has 94 valence electrons. The summed E-state index contributed by atoms with van der Waals surface area (Å²) < 4.78 is 19.4. The average molecular weight is 265 g/mol. The Morgan fingerprint density at radius 3 is 2.61 bits per heavy atom. The number of hydrogen-bond acceptors (Lipinski definition) is 1. The summed E-state index contributed by atoms with van der Waals surface area (Å²) in [6.45, 7) is 1.93. The maximum absolute atomic E-state index is 14.3. The van der Waals surface area contributed by atoms with E-state index in [1.807, 2.05) is 13.0 Å². The van der Waals surface area contributed by atoms with Crippen LogP contribution >= 0.6 is 11.6 Å². The summed E-state index contributed by atoms with van der Waals surface area (Å²) in [6.07, 6.45) is 0.654. The molecule has 0 aliphatic heterocycles. The molecular weight excluding hydrogens is 251 g/mol. The number of aryl methyl sites for hydroxylation is 1. The lowest BCUT2D eigenvalue weighted by Gasteiger charge is -2.10. The maximum atomic E-state index is 14.3. The molecule has 0 saturated carbocycles. The van der Waals surface area contributed by atoms with E-state index in [-0.39, 0.29) is 5.82 Å². The van der Waals surface area contributed by atoms with Crippen LogP contribution in [-0.2, 0) is 6.42 Å². The van der Waals surface area contributed by atoms with E-state index >= 15 is 0 Å². The largest absolute Gasteiger partial charge is 0.497 e. The smallest absolute Gasteiger partial charge is 0.134 e. The Hall–Kier alpha value is -1.54. The molecule has 0 N–H and O–H groups in total. The third kappa shape index (κ3) is 2.34. The standard InChI is InChI=1S/C15H14ClFO/c1-3-10-5-4-6-12(15(10)17)13-9-11(18-2)7-8-14(13)16/h4-9H,3H2,1-2H3. The van der Waals surface area contributed by atoms with Gasteiger partial charge in [-0.05, 0) is 30.2 Å². The van der Waals surface area contributed by atoms with Crippen molar-refractivity contribution in [2.75, 3.05) is 7.11 Å². The van der Waals surface area contributed by atoms with E-state index in [2.05, 4.69) is 0 Å². The highest BCUT2D eigenvalue weighted by molar-refractivity contribution is 6.33. The summed E-state index contributed by atoms with van der Waals surface area (Å²) in [6, 6.07) is 10.6. The van der Waals surface area contributed by atoms with Gasteiger partial charge in [0.25, 0.3) is 0 Å². The van der Waals surface area contributed by atoms with Gasteiger partial charge in [-0.25, -0.2) is 4.39 Å². The van der Waals surface area contributed by atoms with Gasteiger partial charge >= 0.3 is 0 Å². The van der Waals surface area contributed by atoms with E-state index in [0.29, 0.717) is 33.9 Å². The first kappa shape index (κ1) is 12.9. The van der Waals surface area contributed by atoms with Crippen LogP contribution in [0.25, 0.3) is 11.1 Å². The molecule has 0 saturated heterocycles. The predicted molar refractivity (Wildman–Crippen MR) is 72.8 cm³/mol. The maximum Gasteiger partial charge on any atom is 0.134 e. The van der Waals surface area contributed by atoms with Crippen LogP contribution in [0.1, 0.15) is 12.5 Å². The Morgan fingerprint density at radius 1 is 1.17 bits per heavy atom. The second-order valence-electron chi connectivity index (χ2n) is 3.98. The van der Waals surface area contributed by atoms with Crippen molar-refractivity contribution in [2.45, 2.75) is 13.3 Å². The molecule has 0 fully saturated rings. The average Bonchev–Trinajstić information content (AvgIpc) is 2.40. The molecule has 0 heterocycles. The van der Waals surface area contributed by atoms with Crippen molar-refractivity contribution in [3.05, 3.63) is 52.8 Å². The van der Waals surface area contributed by atoms with Crippen molar-refractivity contribution in [3.8, 4) is 16.9 Å². The highest BCUT2D eigenvalue weighted by Gasteiger charge is 2.12. The van der Waals surface area contributed by atoms with E-state index in [9.17, 15) is 4.39 Å². The van der Waals surface area contributed by atoms with Gasteiger partial charge < -0.3 is 4.74 Å². The summed E-state index contributed by atoms with van der Waals surface area (Å²) in [5.74, 6) is 0.450. The van der Waals surface area contributed by atoms with E-state index in [1.165, 1.54) is 0 Å². The summed E-state index contributed by atoms with van der Waals surface area (Å²) in [5.41, 5.74) is 1.86. The summed E-state index contributed by atoms with van der Waals surface area (Å²) in [7, 11) is 1.58. The lowest BCUT2D eigenvalue weighted by atomic mass is 10.0. The van der Waals surface area contributed by atoms with Gasteiger partial charge in [0, 0.05) is 16.1 Å². The lowest BCUT2D eigenvalue weighted by molar-refractivity contribution is 0.415. The van der Waals surface area contributed by atoms with Crippen LogP contribution in [-0.4, -0.2) is 7.11 Å². The number of benzene rings is 2. The van der Waals surface area contributed by atoms with Crippen LogP contribution in [0.5, 0.6) is 5.75 Å². The van der Waals surface area contributed by atoms with Crippen molar-refractivity contribution in [1.82, 2.24) is 0 Å². The van der Waals surface area contributed by atoms with E-state index in [1.54, 1.807) is 37.4 Å². The van der Waals surface area contributed by atoms with Gasteiger partial charge in [0.2, 0.25) is 0 Å². The quantitative estimate of drug-likeness (QED) is 0.780. The Morgan fingerprint density at radius 2 is 1.94 bits per heavy atom. The third-order valence-corrected chi connectivity index (χ3v) is 3.25. The minimum Gasteiger partial charge on any atom is -0.497 e. The topological polar surface area (TPSA) is 9.23 Å². The molecule has 0 aliphatic carbocycles. The van der Waals surface area contributed by atoms with Gasteiger partial charge in [-0.15, -0.1) is 0 Å². The Labute approximate surface area is 111 Å². The molecule has 0 aromatic heterocycles. The molecule has 2 rings (SSSR count). The van der Waals surface area contributed by atoms with Crippen LogP contribution in [0.3, 0.4) is 0 Å². The van der Waals surface area contributed by atoms with Gasteiger partial charge in [-0.1, -0.05) is 36.7 Å². The normalized spacial score (nSPS) is 10.4. The van der Waals surface area contributed by atoms with E-state index in [0.717, 1.165) is 0 Å². The molecule has 0 radical (unpaired) electrons. The first-order valence-corrected chi connectivity index (χ1v) is 6.16. The highest BCUT2D eigenvalue weighted by atomic mass is 35.5. The molecule has 3 heteroatoms. The van der Waals surface area contributed by atoms with E-state index in [4.69, 9.17) is 16.3 Å². The Kier molecular flexibility index (Phi) is 3.87. The minimum absolute atomic E-state index is 0.213. The molecular formula is C15H14ClFO. The summed E-state index contributed by atoms with van der Waals surface area (Å²) in [5, 5.41) is 0.517. The predicted octanol–water partition coefficient (Wildman–Crippen LogP) is 4.72. The summed E-state index contributed by atoms with van der Waals surface area (Å²) in [4.78, 5) is 0. The van der Waals surface area contributed by atoms with Crippen molar-refractivity contribution in [2.24, 2.45) is 0 Å².